The van der Waals surface area contributed by atoms with E-state index in [9.17, 15) is 19.2 Å². The van der Waals surface area contributed by atoms with Crippen molar-refractivity contribution in [2.45, 2.75) is 123 Å². The van der Waals surface area contributed by atoms with Gasteiger partial charge in [0, 0.05) is 37.5 Å². The highest BCUT2D eigenvalue weighted by atomic mass is 32.1. The number of hydrogen-bond donors (Lipinski definition) is 2. The van der Waals surface area contributed by atoms with E-state index in [4.69, 9.17) is 14.5 Å². The van der Waals surface area contributed by atoms with E-state index in [1.54, 1.807) is 17.2 Å². The van der Waals surface area contributed by atoms with Crippen molar-refractivity contribution in [3.05, 3.63) is 64.6 Å². The first kappa shape index (κ1) is 44.8. The van der Waals surface area contributed by atoms with Gasteiger partial charge >= 0.3 is 5.97 Å². The number of hydrogen-bond acceptors (Lipinski definition) is 9. The van der Waals surface area contributed by atoms with Gasteiger partial charge in [0.1, 0.15) is 29.5 Å². The summed E-state index contributed by atoms with van der Waals surface area (Å²) in [4.78, 5) is 62.7. The molecule has 1 saturated heterocycles. The topological polar surface area (TPSA) is 130 Å². The highest BCUT2D eigenvalue weighted by Crippen LogP contribution is 2.31. The van der Waals surface area contributed by atoms with Gasteiger partial charge in [-0.15, -0.1) is 11.3 Å². The molecule has 1 aliphatic rings. The molecule has 12 heteroatoms. The molecule has 1 aliphatic heterocycles. The maximum atomic E-state index is 14.3. The minimum Gasteiger partial charge on any atom is -0.461 e. The Morgan fingerprint density at radius 2 is 1.80 bits per heavy atom. The fourth-order valence-corrected chi connectivity index (χ4v) is 7.88. The second-order valence-corrected chi connectivity index (χ2v) is 16.1. The summed E-state index contributed by atoms with van der Waals surface area (Å²) < 4.78 is 11.7. The van der Waals surface area contributed by atoms with Crippen LogP contribution < -0.4 is 10.6 Å². The molecule has 3 rings (SSSR count). The molecule has 1 aromatic heterocycles. The number of ether oxygens (including phenoxy) is 2. The molecule has 0 bridgehead atoms. The highest BCUT2D eigenvalue weighted by molar-refractivity contribution is 7.09. The number of carbonyl (C=O) groups is 4. The van der Waals surface area contributed by atoms with Crippen LogP contribution in [0.2, 0.25) is 0 Å². The monoisotopic (exact) mass is 767 g/mol. The van der Waals surface area contributed by atoms with Crippen molar-refractivity contribution in [3.63, 3.8) is 0 Å². The highest BCUT2D eigenvalue weighted by Gasteiger charge is 2.37. The van der Waals surface area contributed by atoms with Gasteiger partial charge in [-0.3, -0.25) is 24.1 Å². The van der Waals surface area contributed by atoms with E-state index in [-0.39, 0.29) is 66.0 Å². The second kappa shape index (κ2) is 22.7. The average Bonchev–Trinajstić information content (AvgIpc) is 3.66. The lowest BCUT2D eigenvalue weighted by molar-refractivity contribution is -0.147. The van der Waals surface area contributed by atoms with E-state index in [0.717, 1.165) is 44.2 Å². The first-order valence-electron chi connectivity index (χ1n) is 19.8. The molecule has 54 heavy (non-hydrogen) atoms. The van der Waals surface area contributed by atoms with E-state index in [1.807, 2.05) is 65.2 Å². The zero-order valence-corrected chi connectivity index (χ0v) is 34.7. The normalized spacial score (nSPS) is 18.1. The van der Waals surface area contributed by atoms with Gasteiger partial charge in [0.05, 0.1) is 12.0 Å². The summed E-state index contributed by atoms with van der Waals surface area (Å²) in [6, 6.07) is 8.39. The Morgan fingerprint density at radius 3 is 2.43 bits per heavy atom. The molecule has 3 amide bonds. The van der Waals surface area contributed by atoms with E-state index >= 15 is 0 Å². The third-order valence-corrected chi connectivity index (χ3v) is 11.5. The molecule has 7 atom stereocenters. The van der Waals surface area contributed by atoms with Crippen LogP contribution in [0.5, 0.6) is 0 Å². The molecule has 0 saturated carbocycles. The Morgan fingerprint density at radius 1 is 1.07 bits per heavy atom. The molecule has 2 N–H and O–H groups in total. The molecule has 0 spiro atoms. The Kier molecular flexibility index (Phi) is 18.8. The molecular formula is C42H65N5O6S. The van der Waals surface area contributed by atoms with Gasteiger partial charge in [-0.2, -0.15) is 0 Å². The fraction of sp³-hybridized carbons (Fsp3) is 0.643. The number of carbonyl (C=O) groups excluding carboxylic acids is 4. The van der Waals surface area contributed by atoms with Crippen molar-refractivity contribution in [3.8, 4) is 0 Å². The molecule has 1 aromatic carbocycles. The number of likely N-dealkylation sites (N-methyl/N-ethyl adjacent to an activating group) is 2. The lowest BCUT2D eigenvalue weighted by atomic mass is 9.92. The van der Waals surface area contributed by atoms with E-state index in [1.165, 1.54) is 17.4 Å². The molecule has 11 nitrogen and oxygen atoms in total. The Balaban J connectivity index is 1.80. The number of likely N-dealkylation sites (tertiary alicyclic amines) is 1. The zero-order chi connectivity index (χ0) is 39.8. The van der Waals surface area contributed by atoms with Crippen molar-refractivity contribution in [1.29, 1.82) is 0 Å². The summed E-state index contributed by atoms with van der Waals surface area (Å²) in [7, 11) is 3.79. The summed E-state index contributed by atoms with van der Waals surface area (Å²) in [5.41, 5.74) is 1.31. The molecule has 300 valence electrons. The lowest BCUT2D eigenvalue weighted by Gasteiger charge is -2.38. The van der Waals surface area contributed by atoms with Crippen LogP contribution in [0.1, 0.15) is 114 Å². The van der Waals surface area contributed by atoms with Crippen LogP contribution in [0.25, 0.3) is 0 Å². The summed E-state index contributed by atoms with van der Waals surface area (Å²) in [5, 5.41) is 8.68. The van der Waals surface area contributed by atoms with Crippen molar-refractivity contribution >= 4 is 35.0 Å². The maximum Gasteiger partial charge on any atom is 0.309 e. The predicted molar refractivity (Wildman–Crippen MR) is 215 cm³/mol. The molecule has 0 unspecified atom stereocenters. The number of esters is 1. The first-order valence-corrected chi connectivity index (χ1v) is 20.7. The SMILES string of the molecule is C=CCOC(=O)[C@@H](C)C[C@H](Cc1ccccc1)NC(=O)c1csc([C@@H](C[C@H](C(C)C)N(C)C(=O)[C@@H](NC(=O)[C@H]2CCCCN2C)[C@@H](C)CC)OCCC)n1. The first-order chi connectivity index (χ1) is 25.8. The molecule has 0 aliphatic carbocycles. The number of benzene rings is 1. The Hall–Kier alpha value is -3.61. The summed E-state index contributed by atoms with van der Waals surface area (Å²) >= 11 is 1.36. The Labute approximate surface area is 327 Å². The van der Waals surface area contributed by atoms with Gasteiger partial charge < -0.3 is 25.0 Å². The van der Waals surface area contributed by atoms with Crippen LogP contribution in [-0.4, -0.2) is 96.5 Å². The Bertz CT molecular complexity index is 1480. The molecule has 2 aromatic rings. The van der Waals surface area contributed by atoms with Gasteiger partial charge in [-0.05, 0) is 63.1 Å². The van der Waals surface area contributed by atoms with Crippen molar-refractivity contribution in [1.82, 2.24) is 25.4 Å². The van der Waals surface area contributed by atoms with Crippen LogP contribution in [0.4, 0.5) is 0 Å². The predicted octanol–water partition coefficient (Wildman–Crippen LogP) is 6.60. The molecule has 2 heterocycles. The van der Waals surface area contributed by atoms with Crippen molar-refractivity contribution in [2.75, 3.05) is 33.9 Å². The number of nitrogens with zero attached hydrogens (tertiary/aromatic N) is 3. The number of aromatic nitrogens is 1. The lowest BCUT2D eigenvalue weighted by Crippen LogP contribution is -2.58. The zero-order valence-electron chi connectivity index (χ0n) is 33.8. The smallest absolute Gasteiger partial charge is 0.309 e. The maximum absolute atomic E-state index is 14.3. The second-order valence-electron chi connectivity index (χ2n) is 15.2. The number of piperidine rings is 1. The third kappa shape index (κ3) is 13.3. The summed E-state index contributed by atoms with van der Waals surface area (Å²) in [5.74, 6) is -1.29. The molecular weight excluding hydrogens is 703 g/mol. The van der Waals surface area contributed by atoms with Crippen LogP contribution >= 0.6 is 11.3 Å². The van der Waals surface area contributed by atoms with Crippen LogP contribution in [-0.2, 0) is 30.3 Å². The molecule has 1 fully saturated rings. The molecule has 0 radical (unpaired) electrons. The van der Waals surface area contributed by atoms with Gasteiger partial charge in [-0.1, -0.05) is 97.4 Å². The number of thiazole rings is 1. The van der Waals surface area contributed by atoms with Gasteiger partial charge in [0.25, 0.3) is 5.91 Å². The van der Waals surface area contributed by atoms with Crippen LogP contribution in [0.15, 0.2) is 48.4 Å². The van der Waals surface area contributed by atoms with E-state index in [2.05, 4.69) is 36.0 Å². The fourth-order valence-electron chi connectivity index (χ4n) is 7.02. The van der Waals surface area contributed by atoms with E-state index < -0.39 is 18.1 Å². The third-order valence-electron chi connectivity index (χ3n) is 10.5. The summed E-state index contributed by atoms with van der Waals surface area (Å²) in [6.07, 6.45) is 6.88. The van der Waals surface area contributed by atoms with Crippen LogP contribution in [0.3, 0.4) is 0 Å². The average molecular weight is 768 g/mol. The van der Waals surface area contributed by atoms with Gasteiger partial charge in [0.15, 0.2) is 0 Å². The van der Waals surface area contributed by atoms with Gasteiger partial charge in [0.2, 0.25) is 11.8 Å². The summed E-state index contributed by atoms with van der Waals surface area (Å²) in [6.45, 7) is 17.2. The van der Waals surface area contributed by atoms with Crippen molar-refractivity contribution < 1.29 is 28.7 Å². The minimum absolute atomic E-state index is 0.0516. The van der Waals surface area contributed by atoms with Gasteiger partial charge in [-0.25, -0.2) is 4.98 Å². The van der Waals surface area contributed by atoms with Crippen molar-refractivity contribution in [2.24, 2.45) is 17.8 Å². The minimum atomic E-state index is -0.648. The van der Waals surface area contributed by atoms with Crippen LogP contribution in [0, 0.1) is 17.8 Å². The largest absolute Gasteiger partial charge is 0.461 e. The number of rotatable bonds is 22. The van der Waals surface area contributed by atoms with E-state index in [0.29, 0.717) is 30.9 Å². The number of nitrogens with one attached hydrogen (secondary N) is 2. The standard InChI is InChI=1S/C42H65N5O6S/c1-10-22-52-36(26-35(28(4)5)47(9)41(50)37(29(6)12-3)45-39(49)34-20-16-17-21-46(34)8)40-44-33(27-54-40)38(48)43-32(25-31-18-14-13-15-19-31)24-30(7)42(51)53-23-11-2/h11,13-15,18-19,27-30,32,34-37H,2,10,12,16-17,20-26H2,1,3-9H3,(H,43,48)(H,45,49)/t29-,30-,32+,34+,35+,36+,37-/m0/s1. The quantitative estimate of drug-likeness (QED) is 0.101. The number of amides is 3.